The molecule has 0 unspecified atom stereocenters. The van der Waals surface area contributed by atoms with E-state index in [1.165, 1.54) is 22.1 Å². The molecule has 0 amide bonds. The number of hydrogen-bond acceptors (Lipinski definition) is 6. The highest BCUT2D eigenvalue weighted by Gasteiger charge is 2.18. The lowest BCUT2D eigenvalue weighted by Gasteiger charge is -2.10. The van der Waals surface area contributed by atoms with Crippen molar-refractivity contribution in [2.75, 3.05) is 6.79 Å². The van der Waals surface area contributed by atoms with Crippen molar-refractivity contribution in [3.8, 4) is 16.6 Å². The number of pyridine rings is 1. The summed E-state index contributed by atoms with van der Waals surface area (Å²) >= 11 is 1.42. The summed E-state index contributed by atoms with van der Waals surface area (Å²) in [6.45, 7) is 2.30. The van der Waals surface area contributed by atoms with Crippen LogP contribution in [0.15, 0.2) is 58.1 Å². The number of aromatic nitrogens is 4. The molecule has 4 heterocycles. The van der Waals surface area contributed by atoms with Crippen LogP contribution in [-0.2, 0) is 6.54 Å². The molecule has 0 saturated heterocycles. The Morgan fingerprint density at radius 2 is 1.94 bits per heavy atom. The summed E-state index contributed by atoms with van der Waals surface area (Å²) < 4.78 is 14.8. The summed E-state index contributed by atoms with van der Waals surface area (Å²) in [4.78, 5) is 30.6. The number of aromatic amines is 1. The van der Waals surface area contributed by atoms with Gasteiger partial charge in [-0.25, -0.2) is 4.98 Å². The van der Waals surface area contributed by atoms with Crippen LogP contribution in [0.3, 0.4) is 0 Å². The number of aryl methyl sites for hydroxylation is 1. The number of ether oxygens (including phenoxy) is 2. The molecule has 0 atom stereocenters. The largest absolute Gasteiger partial charge is 0.454 e. The second-order valence-electron chi connectivity index (χ2n) is 7.35. The molecule has 0 spiro atoms. The van der Waals surface area contributed by atoms with E-state index in [0.29, 0.717) is 39.8 Å². The van der Waals surface area contributed by atoms with Gasteiger partial charge in [-0.1, -0.05) is 29.5 Å². The molecule has 0 radical (unpaired) electrons. The zero-order chi connectivity index (χ0) is 21.1. The highest BCUT2D eigenvalue weighted by Crippen LogP contribution is 2.32. The molecule has 0 saturated carbocycles. The normalized spacial score (nSPS) is 12.8. The van der Waals surface area contributed by atoms with Crippen molar-refractivity contribution in [1.82, 2.24) is 19.3 Å². The molecule has 1 aliphatic heterocycles. The molecule has 0 fully saturated rings. The average Bonchev–Trinajstić information content (AvgIpc) is 3.47. The lowest BCUT2D eigenvalue weighted by atomic mass is 10.1. The zero-order valence-electron chi connectivity index (χ0n) is 16.4. The molecule has 9 heteroatoms. The first-order valence-electron chi connectivity index (χ1n) is 9.68. The van der Waals surface area contributed by atoms with Crippen molar-refractivity contribution >= 4 is 32.5 Å². The van der Waals surface area contributed by atoms with E-state index < -0.39 is 0 Å². The van der Waals surface area contributed by atoms with Crippen molar-refractivity contribution in [2.24, 2.45) is 0 Å². The summed E-state index contributed by atoms with van der Waals surface area (Å²) in [6, 6.07) is 14.7. The molecule has 1 N–H and O–H groups in total. The number of hydrogen-bond donors (Lipinski definition) is 1. The van der Waals surface area contributed by atoms with Crippen molar-refractivity contribution < 1.29 is 9.47 Å². The SMILES string of the molecule is Cc1c2c(=O)n(-c3nc4ccccc4s3)[nH]c2cc(=O)n1Cc1ccc2c(c1)OCO2. The number of fused-ring (bicyclic) bond motifs is 3. The summed E-state index contributed by atoms with van der Waals surface area (Å²) in [5, 5.41) is 4.06. The minimum absolute atomic E-state index is 0.193. The van der Waals surface area contributed by atoms with Crippen LogP contribution in [0.4, 0.5) is 0 Å². The molecule has 2 aromatic carbocycles. The number of rotatable bonds is 3. The molecule has 31 heavy (non-hydrogen) atoms. The van der Waals surface area contributed by atoms with Crippen molar-refractivity contribution in [1.29, 1.82) is 0 Å². The summed E-state index contributed by atoms with van der Waals surface area (Å²) in [7, 11) is 0. The topological polar surface area (TPSA) is 91.1 Å². The van der Waals surface area contributed by atoms with Gasteiger partial charge >= 0.3 is 0 Å². The maximum atomic E-state index is 13.2. The standard InChI is InChI=1S/C22H16N4O4S/c1-12-20-15(24-26(21(20)28)22-23-14-4-2-3-5-18(14)31-22)9-19(27)25(12)10-13-6-7-16-17(8-13)30-11-29-16/h2-9,24H,10-11H2,1H3. The van der Waals surface area contributed by atoms with Gasteiger partial charge in [-0.15, -0.1) is 0 Å². The zero-order valence-corrected chi connectivity index (χ0v) is 17.2. The van der Waals surface area contributed by atoms with Crippen molar-refractivity contribution in [3.05, 3.63) is 80.5 Å². The fraction of sp³-hybridized carbons (Fsp3) is 0.136. The summed E-state index contributed by atoms with van der Waals surface area (Å²) in [5.41, 5.74) is 2.38. The van der Waals surface area contributed by atoms with Gasteiger partial charge < -0.3 is 14.0 Å². The first kappa shape index (κ1) is 18.0. The Balaban J connectivity index is 1.48. The van der Waals surface area contributed by atoms with E-state index in [9.17, 15) is 9.59 Å². The maximum Gasteiger partial charge on any atom is 0.282 e. The quantitative estimate of drug-likeness (QED) is 0.473. The van der Waals surface area contributed by atoms with Crippen LogP contribution in [-0.4, -0.2) is 26.1 Å². The predicted molar refractivity (Wildman–Crippen MR) is 118 cm³/mol. The van der Waals surface area contributed by atoms with E-state index in [0.717, 1.165) is 15.8 Å². The van der Waals surface area contributed by atoms with Gasteiger partial charge in [0.15, 0.2) is 11.5 Å². The molecule has 1 aliphatic rings. The third-order valence-electron chi connectivity index (χ3n) is 5.47. The smallest absolute Gasteiger partial charge is 0.282 e. The van der Waals surface area contributed by atoms with Gasteiger partial charge in [-0.2, -0.15) is 4.68 Å². The second kappa shape index (κ2) is 6.58. The Labute approximate surface area is 178 Å². The van der Waals surface area contributed by atoms with Crippen LogP contribution in [0.5, 0.6) is 11.5 Å². The van der Waals surface area contributed by atoms with Gasteiger partial charge in [-0.3, -0.25) is 14.7 Å². The minimum atomic E-state index is -0.231. The number of nitrogens with one attached hydrogen (secondary N) is 1. The third-order valence-corrected chi connectivity index (χ3v) is 6.49. The van der Waals surface area contributed by atoms with Crippen LogP contribution < -0.4 is 20.6 Å². The molecule has 154 valence electrons. The third kappa shape index (κ3) is 2.77. The second-order valence-corrected chi connectivity index (χ2v) is 8.36. The van der Waals surface area contributed by atoms with Crippen molar-refractivity contribution in [3.63, 3.8) is 0 Å². The molecular formula is C22H16N4O4S. The number of para-hydroxylation sites is 1. The molecule has 0 bridgehead atoms. The van der Waals surface area contributed by atoms with Crippen molar-refractivity contribution in [2.45, 2.75) is 13.5 Å². The fourth-order valence-electron chi connectivity index (χ4n) is 3.92. The minimum Gasteiger partial charge on any atom is -0.454 e. The van der Waals surface area contributed by atoms with E-state index in [-0.39, 0.29) is 17.9 Å². The van der Waals surface area contributed by atoms with Gasteiger partial charge in [0.1, 0.15) is 0 Å². The van der Waals surface area contributed by atoms with Crippen LogP contribution in [0.25, 0.3) is 26.3 Å². The first-order valence-corrected chi connectivity index (χ1v) is 10.5. The molecular weight excluding hydrogens is 416 g/mol. The van der Waals surface area contributed by atoms with Gasteiger partial charge in [0.2, 0.25) is 11.9 Å². The predicted octanol–water partition coefficient (Wildman–Crippen LogP) is 3.18. The number of thiazole rings is 1. The van der Waals surface area contributed by atoms with Gasteiger partial charge in [0.25, 0.3) is 11.1 Å². The van der Waals surface area contributed by atoms with E-state index in [4.69, 9.17) is 9.47 Å². The van der Waals surface area contributed by atoms with Crippen LogP contribution in [0, 0.1) is 6.92 Å². The first-order chi connectivity index (χ1) is 15.1. The summed E-state index contributed by atoms with van der Waals surface area (Å²) in [6.07, 6.45) is 0. The average molecular weight is 432 g/mol. The molecule has 6 rings (SSSR count). The van der Waals surface area contributed by atoms with E-state index in [1.54, 1.807) is 11.5 Å². The van der Waals surface area contributed by atoms with Crippen LogP contribution in [0.2, 0.25) is 0 Å². The highest BCUT2D eigenvalue weighted by atomic mass is 32.1. The molecule has 8 nitrogen and oxygen atoms in total. The number of H-pyrrole nitrogens is 1. The fourth-order valence-corrected chi connectivity index (χ4v) is 4.84. The number of nitrogens with zero attached hydrogens (tertiary/aromatic N) is 3. The Morgan fingerprint density at radius 1 is 1.10 bits per heavy atom. The lowest BCUT2D eigenvalue weighted by molar-refractivity contribution is 0.174. The molecule has 3 aromatic heterocycles. The highest BCUT2D eigenvalue weighted by molar-refractivity contribution is 7.20. The Bertz CT molecular complexity index is 1570. The maximum absolute atomic E-state index is 13.2. The van der Waals surface area contributed by atoms with E-state index >= 15 is 0 Å². The number of benzene rings is 2. The van der Waals surface area contributed by atoms with E-state index in [2.05, 4.69) is 10.1 Å². The van der Waals surface area contributed by atoms with Gasteiger partial charge in [-0.05, 0) is 36.8 Å². The Hall–Kier alpha value is -3.85. The summed E-state index contributed by atoms with van der Waals surface area (Å²) in [5.74, 6) is 1.34. The molecule has 0 aliphatic carbocycles. The monoisotopic (exact) mass is 432 g/mol. The van der Waals surface area contributed by atoms with Gasteiger partial charge in [0, 0.05) is 11.8 Å². The van der Waals surface area contributed by atoms with Crippen LogP contribution in [0.1, 0.15) is 11.3 Å². The Morgan fingerprint density at radius 3 is 2.81 bits per heavy atom. The lowest BCUT2D eigenvalue weighted by Crippen LogP contribution is -2.23. The van der Waals surface area contributed by atoms with Gasteiger partial charge in [0.05, 0.1) is 27.7 Å². The molecule has 5 aromatic rings. The Kier molecular flexibility index (Phi) is 3.81. The van der Waals surface area contributed by atoms with E-state index in [1.807, 2.05) is 42.5 Å². The van der Waals surface area contributed by atoms with Crippen LogP contribution >= 0.6 is 11.3 Å².